The van der Waals surface area contributed by atoms with Gasteiger partial charge >= 0.3 is 36.3 Å². The Hall–Kier alpha value is 0.720. The SMILES string of the molecule is O[C@@H]1[C@@H]2OP(O)(=S)OC[C@H]2O[C@H]1n1cnc2cc(Cl)c(Cl)cc21.[Na+]. The minimum absolute atomic E-state index is 0. The van der Waals surface area contributed by atoms with Gasteiger partial charge in [0.25, 0.3) is 0 Å². The average Bonchev–Trinajstić information content (AvgIpc) is 3.01. The largest absolute Gasteiger partial charge is 1.00 e. The van der Waals surface area contributed by atoms with E-state index in [1.165, 1.54) is 6.33 Å². The molecule has 3 heterocycles. The zero-order valence-electron chi connectivity index (χ0n) is 12.4. The third-order valence-corrected chi connectivity index (χ3v) is 6.14. The summed E-state index contributed by atoms with van der Waals surface area (Å²) in [4.78, 5) is 14.0. The molecule has 1 unspecified atom stereocenters. The number of rotatable bonds is 1. The molecule has 2 fully saturated rings. The number of imidazole rings is 1. The molecule has 24 heavy (non-hydrogen) atoms. The van der Waals surface area contributed by atoms with Gasteiger partial charge in [0.2, 0.25) is 0 Å². The van der Waals surface area contributed by atoms with Crippen molar-refractivity contribution in [2.45, 2.75) is 24.5 Å². The molecule has 2 aliphatic heterocycles. The average molecular weight is 420 g/mol. The van der Waals surface area contributed by atoms with Crippen molar-refractivity contribution in [2.75, 3.05) is 6.61 Å². The van der Waals surface area contributed by atoms with Crippen LogP contribution in [-0.4, -0.2) is 44.5 Å². The van der Waals surface area contributed by atoms with E-state index in [1.807, 2.05) is 0 Å². The number of nitrogens with zero attached hydrogens (tertiary/aromatic N) is 2. The predicted molar refractivity (Wildman–Crippen MR) is 87.0 cm³/mol. The van der Waals surface area contributed by atoms with Gasteiger partial charge in [0.05, 0.1) is 34.0 Å². The summed E-state index contributed by atoms with van der Waals surface area (Å²) in [7, 11) is 0. The maximum absolute atomic E-state index is 10.5. The number of ether oxygens (including phenoxy) is 1. The molecule has 4 rings (SSSR count). The van der Waals surface area contributed by atoms with Gasteiger partial charge in [0.1, 0.15) is 18.3 Å². The Balaban J connectivity index is 0.00000169. The monoisotopic (exact) mass is 419 g/mol. The first-order chi connectivity index (χ1) is 10.9. The van der Waals surface area contributed by atoms with Crippen LogP contribution in [0.2, 0.25) is 10.0 Å². The van der Waals surface area contributed by atoms with Gasteiger partial charge in [-0.05, 0) is 23.9 Å². The first kappa shape index (κ1) is 19.5. The fraction of sp³-hybridized carbons (Fsp3) is 0.417. The minimum Gasteiger partial charge on any atom is -0.386 e. The van der Waals surface area contributed by atoms with Crippen molar-refractivity contribution in [3.63, 3.8) is 0 Å². The third-order valence-electron chi connectivity index (χ3n) is 3.86. The van der Waals surface area contributed by atoms with E-state index >= 15 is 0 Å². The molecule has 0 saturated carbocycles. The van der Waals surface area contributed by atoms with Crippen molar-refractivity contribution >= 4 is 52.8 Å². The third kappa shape index (κ3) is 3.33. The Morgan fingerprint density at radius 3 is 2.79 bits per heavy atom. The molecule has 12 heteroatoms. The van der Waals surface area contributed by atoms with Gasteiger partial charge in [-0.3, -0.25) is 4.52 Å². The summed E-state index contributed by atoms with van der Waals surface area (Å²) in [6, 6.07) is 3.29. The number of benzene rings is 1. The van der Waals surface area contributed by atoms with Crippen LogP contribution in [0.25, 0.3) is 11.0 Å². The summed E-state index contributed by atoms with van der Waals surface area (Å²) < 4.78 is 17.8. The summed E-state index contributed by atoms with van der Waals surface area (Å²) in [5.41, 5.74) is 1.28. The summed E-state index contributed by atoms with van der Waals surface area (Å²) in [6.45, 7) is -3.27. The molecular weight excluding hydrogens is 409 g/mol. The number of aromatic nitrogens is 2. The molecule has 0 amide bonds. The summed E-state index contributed by atoms with van der Waals surface area (Å²) >= 11 is 16.9. The molecule has 2 N–H and O–H groups in total. The second-order valence-electron chi connectivity index (χ2n) is 5.30. The van der Waals surface area contributed by atoms with Crippen LogP contribution in [0.15, 0.2) is 18.5 Å². The Morgan fingerprint density at radius 2 is 2.04 bits per heavy atom. The van der Waals surface area contributed by atoms with Crippen molar-refractivity contribution in [3.05, 3.63) is 28.5 Å². The molecule has 7 nitrogen and oxygen atoms in total. The minimum atomic E-state index is -3.33. The Kier molecular flexibility index (Phi) is 5.71. The van der Waals surface area contributed by atoms with Crippen LogP contribution in [-0.2, 0) is 25.6 Å². The van der Waals surface area contributed by atoms with Crippen molar-refractivity contribution in [2.24, 2.45) is 0 Å². The van der Waals surface area contributed by atoms with Crippen LogP contribution in [0, 0.1) is 0 Å². The zero-order valence-corrected chi connectivity index (χ0v) is 17.6. The van der Waals surface area contributed by atoms with Crippen LogP contribution >= 0.6 is 29.9 Å². The van der Waals surface area contributed by atoms with E-state index in [1.54, 1.807) is 16.7 Å². The molecule has 5 atom stereocenters. The van der Waals surface area contributed by atoms with E-state index in [-0.39, 0.29) is 36.2 Å². The number of aliphatic hydroxyl groups excluding tert-OH is 1. The summed E-state index contributed by atoms with van der Waals surface area (Å²) in [5.74, 6) is 0. The Labute approximate surface area is 174 Å². The number of halogens is 2. The molecule has 1 aromatic heterocycles. The number of hydrogen-bond donors (Lipinski definition) is 2. The van der Waals surface area contributed by atoms with Crippen molar-refractivity contribution in [1.29, 1.82) is 0 Å². The molecule has 0 aliphatic carbocycles. The predicted octanol–water partition coefficient (Wildman–Crippen LogP) is -0.762. The molecule has 2 aliphatic rings. The van der Waals surface area contributed by atoms with Crippen LogP contribution < -0.4 is 29.6 Å². The molecule has 1 aromatic carbocycles. The van der Waals surface area contributed by atoms with Gasteiger partial charge in [0.15, 0.2) is 6.23 Å². The van der Waals surface area contributed by atoms with Gasteiger partial charge in [-0.2, -0.15) is 0 Å². The number of fused-ring (bicyclic) bond motifs is 2. The van der Waals surface area contributed by atoms with Gasteiger partial charge in [-0.1, -0.05) is 23.2 Å². The Morgan fingerprint density at radius 1 is 1.33 bits per heavy atom. The fourth-order valence-corrected chi connectivity index (χ4v) is 4.55. The van der Waals surface area contributed by atoms with E-state index < -0.39 is 31.3 Å². The van der Waals surface area contributed by atoms with Crippen molar-refractivity contribution in [1.82, 2.24) is 9.55 Å². The Bertz CT molecular complexity index is 839. The second-order valence-corrected chi connectivity index (χ2v) is 8.90. The maximum Gasteiger partial charge on any atom is 1.00 e. The van der Waals surface area contributed by atoms with Crippen LogP contribution in [0.5, 0.6) is 0 Å². The molecule has 124 valence electrons. The summed E-state index contributed by atoms with van der Waals surface area (Å²) in [5, 5.41) is 11.3. The van der Waals surface area contributed by atoms with Gasteiger partial charge in [-0.25, -0.2) is 4.98 Å². The van der Waals surface area contributed by atoms with Gasteiger partial charge in [-0.15, -0.1) is 0 Å². The number of hydrogen-bond acceptors (Lipinski definition) is 6. The zero-order chi connectivity index (χ0) is 16.4. The number of aliphatic hydroxyl groups is 1. The molecule has 0 spiro atoms. The first-order valence-corrected chi connectivity index (χ1v) is 10.0. The summed E-state index contributed by atoms with van der Waals surface area (Å²) in [6.07, 6.45) is -1.56. The van der Waals surface area contributed by atoms with E-state index in [0.29, 0.717) is 21.1 Å². The van der Waals surface area contributed by atoms with Crippen molar-refractivity contribution < 1.29 is 53.3 Å². The van der Waals surface area contributed by atoms with Gasteiger partial charge in [0, 0.05) is 0 Å². The fourth-order valence-electron chi connectivity index (χ4n) is 2.79. The van der Waals surface area contributed by atoms with Crippen LogP contribution in [0.1, 0.15) is 6.23 Å². The molecule has 0 radical (unpaired) electrons. The standard InChI is InChI=1S/C12H11Cl2N2O5PS.Na/c13-5-1-7-8(2-6(5)14)16(4-15-7)12-10(17)11-9(20-12)3-19-22(18,23)21-11;/h1-2,4,9-12,17H,3H2,(H,18,23);/q;+1/t9-,10-,11-,12-,22?;/m1./s1. The van der Waals surface area contributed by atoms with E-state index in [2.05, 4.69) is 4.98 Å². The van der Waals surface area contributed by atoms with Crippen LogP contribution in [0.4, 0.5) is 0 Å². The normalized spacial score (nSPS) is 35.7. The molecular formula is C12H11Cl2N2NaO5PS+. The molecule has 2 saturated heterocycles. The molecule has 2 aromatic rings. The smallest absolute Gasteiger partial charge is 0.386 e. The molecule has 0 bridgehead atoms. The van der Waals surface area contributed by atoms with Crippen LogP contribution in [0.3, 0.4) is 0 Å². The second kappa shape index (κ2) is 7.03. The van der Waals surface area contributed by atoms with Crippen molar-refractivity contribution in [3.8, 4) is 0 Å². The maximum atomic E-state index is 10.5. The quantitative estimate of drug-likeness (QED) is 0.464. The van der Waals surface area contributed by atoms with Gasteiger partial charge < -0.3 is 23.8 Å². The first-order valence-electron chi connectivity index (χ1n) is 6.66. The van der Waals surface area contributed by atoms with E-state index in [0.717, 1.165) is 0 Å². The van der Waals surface area contributed by atoms with E-state index in [9.17, 15) is 10.00 Å². The van der Waals surface area contributed by atoms with E-state index in [4.69, 9.17) is 48.8 Å². The topological polar surface area (TPSA) is 86.0 Å².